The topological polar surface area (TPSA) is 18.5 Å². The highest BCUT2D eigenvalue weighted by atomic mass is 16.7. The molecule has 13 heavy (non-hydrogen) atoms. The van der Waals surface area contributed by atoms with E-state index in [1.165, 1.54) is 5.57 Å². The van der Waals surface area contributed by atoms with Gasteiger partial charge in [-0.25, -0.2) is 0 Å². The second-order valence-corrected chi connectivity index (χ2v) is 4.46. The molecule has 0 atom stereocenters. The van der Waals surface area contributed by atoms with Gasteiger partial charge in [-0.2, -0.15) is 0 Å². The Morgan fingerprint density at radius 3 is 2.00 bits per heavy atom. The second kappa shape index (κ2) is 5.40. The van der Waals surface area contributed by atoms with Crippen LogP contribution >= 0.6 is 0 Å². The maximum Gasteiger partial charge on any atom is 0.160 e. The highest BCUT2D eigenvalue weighted by molar-refractivity contribution is 5.04. The summed E-state index contributed by atoms with van der Waals surface area (Å²) in [6.45, 7) is 8.66. The number of allylic oxidation sites excluding steroid dienone is 1. The summed E-state index contributed by atoms with van der Waals surface area (Å²) in [5.41, 5.74) is 1.54. The van der Waals surface area contributed by atoms with Gasteiger partial charge in [-0.1, -0.05) is 32.4 Å². The van der Waals surface area contributed by atoms with Crippen LogP contribution in [0.5, 0.6) is 0 Å². The number of rotatable bonds is 4. The SMILES string of the molecule is COC(CC(C)=CC(C)(C)C)OC. The fraction of sp³-hybridized carbons (Fsp3) is 0.818. The Kier molecular flexibility index (Phi) is 5.26. The van der Waals surface area contributed by atoms with Crippen LogP contribution in [-0.2, 0) is 9.47 Å². The molecule has 0 aromatic heterocycles. The first-order valence-electron chi connectivity index (χ1n) is 4.63. The third kappa shape index (κ3) is 6.79. The molecule has 2 heteroatoms. The first-order chi connectivity index (χ1) is 5.89. The van der Waals surface area contributed by atoms with Gasteiger partial charge < -0.3 is 9.47 Å². The highest BCUT2D eigenvalue weighted by Crippen LogP contribution is 2.20. The maximum absolute atomic E-state index is 5.12. The highest BCUT2D eigenvalue weighted by Gasteiger charge is 2.10. The van der Waals surface area contributed by atoms with E-state index >= 15 is 0 Å². The zero-order valence-electron chi connectivity index (χ0n) is 9.68. The molecule has 0 amide bonds. The van der Waals surface area contributed by atoms with Crippen molar-refractivity contribution in [2.75, 3.05) is 14.2 Å². The summed E-state index contributed by atoms with van der Waals surface area (Å²) in [5.74, 6) is 0. The average Bonchev–Trinajstić information content (AvgIpc) is 1.96. The standard InChI is InChI=1S/C11H22O2/c1-9(8-11(2,3)4)7-10(12-5)13-6/h8,10H,7H2,1-6H3. The molecule has 0 aliphatic rings. The smallest absolute Gasteiger partial charge is 0.160 e. The third-order valence-corrected chi connectivity index (χ3v) is 1.69. The molecule has 0 aliphatic heterocycles. The normalized spacial score (nSPS) is 13.9. The fourth-order valence-corrected chi connectivity index (χ4v) is 1.32. The van der Waals surface area contributed by atoms with Gasteiger partial charge in [-0.15, -0.1) is 0 Å². The quantitative estimate of drug-likeness (QED) is 0.496. The lowest BCUT2D eigenvalue weighted by atomic mass is 9.93. The van der Waals surface area contributed by atoms with Gasteiger partial charge in [0.15, 0.2) is 6.29 Å². The van der Waals surface area contributed by atoms with E-state index in [1.807, 2.05) is 0 Å². The summed E-state index contributed by atoms with van der Waals surface area (Å²) < 4.78 is 10.2. The van der Waals surface area contributed by atoms with Crippen molar-refractivity contribution in [2.45, 2.75) is 40.4 Å². The minimum absolute atomic E-state index is 0.112. The molecule has 0 fully saturated rings. The van der Waals surface area contributed by atoms with Crippen LogP contribution in [0.15, 0.2) is 11.6 Å². The van der Waals surface area contributed by atoms with Gasteiger partial charge in [0.05, 0.1) is 0 Å². The summed E-state index contributed by atoms with van der Waals surface area (Å²) in [7, 11) is 3.33. The van der Waals surface area contributed by atoms with Crippen LogP contribution < -0.4 is 0 Å². The lowest BCUT2D eigenvalue weighted by molar-refractivity contribution is -0.100. The van der Waals surface area contributed by atoms with Crippen molar-refractivity contribution in [3.05, 3.63) is 11.6 Å². The van der Waals surface area contributed by atoms with Crippen LogP contribution in [0.25, 0.3) is 0 Å². The van der Waals surface area contributed by atoms with E-state index in [9.17, 15) is 0 Å². The van der Waals surface area contributed by atoms with Gasteiger partial charge in [0.25, 0.3) is 0 Å². The number of hydrogen-bond acceptors (Lipinski definition) is 2. The molecule has 0 aliphatic carbocycles. The minimum Gasteiger partial charge on any atom is -0.356 e. The van der Waals surface area contributed by atoms with Crippen LogP contribution in [0.4, 0.5) is 0 Å². The van der Waals surface area contributed by atoms with E-state index in [4.69, 9.17) is 9.47 Å². The molecule has 0 saturated carbocycles. The molecule has 0 unspecified atom stereocenters. The fourth-order valence-electron chi connectivity index (χ4n) is 1.32. The first kappa shape index (κ1) is 12.7. The molecule has 0 rings (SSSR count). The Morgan fingerprint density at radius 1 is 1.23 bits per heavy atom. The van der Waals surface area contributed by atoms with E-state index in [2.05, 4.69) is 33.8 Å². The number of methoxy groups -OCH3 is 2. The maximum atomic E-state index is 5.12. The van der Waals surface area contributed by atoms with Crippen molar-refractivity contribution < 1.29 is 9.47 Å². The van der Waals surface area contributed by atoms with E-state index < -0.39 is 0 Å². The van der Waals surface area contributed by atoms with Crippen LogP contribution in [-0.4, -0.2) is 20.5 Å². The molecule has 0 bridgehead atoms. The predicted octanol–water partition coefficient (Wildman–Crippen LogP) is 2.99. The zero-order chi connectivity index (χ0) is 10.5. The summed E-state index contributed by atoms with van der Waals surface area (Å²) in [5, 5.41) is 0. The third-order valence-electron chi connectivity index (χ3n) is 1.69. The molecule has 0 N–H and O–H groups in total. The second-order valence-electron chi connectivity index (χ2n) is 4.46. The summed E-state index contributed by atoms with van der Waals surface area (Å²) in [6, 6.07) is 0. The van der Waals surface area contributed by atoms with Crippen molar-refractivity contribution >= 4 is 0 Å². The summed E-state index contributed by atoms with van der Waals surface area (Å²) >= 11 is 0. The molecule has 0 aromatic rings. The molecule has 0 saturated heterocycles. The Bertz CT molecular complexity index is 161. The molecule has 0 aromatic carbocycles. The van der Waals surface area contributed by atoms with E-state index in [0.717, 1.165) is 6.42 Å². The monoisotopic (exact) mass is 186 g/mol. The zero-order valence-corrected chi connectivity index (χ0v) is 9.68. The lowest BCUT2D eigenvalue weighted by Crippen LogP contribution is -2.14. The lowest BCUT2D eigenvalue weighted by Gasteiger charge is -2.17. The first-order valence-corrected chi connectivity index (χ1v) is 4.63. The van der Waals surface area contributed by atoms with Gasteiger partial charge in [-0.05, 0) is 12.3 Å². The average molecular weight is 186 g/mol. The minimum atomic E-state index is -0.112. The largest absolute Gasteiger partial charge is 0.356 e. The molecular formula is C11H22O2. The van der Waals surface area contributed by atoms with E-state index in [0.29, 0.717) is 0 Å². The van der Waals surface area contributed by atoms with Gasteiger partial charge >= 0.3 is 0 Å². The number of hydrogen-bond donors (Lipinski definition) is 0. The van der Waals surface area contributed by atoms with Crippen LogP contribution in [0.3, 0.4) is 0 Å². The van der Waals surface area contributed by atoms with Crippen molar-refractivity contribution in [3.63, 3.8) is 0 Å². The summed E-state index contributed by atoms with van der Waals surface area (Å²) in [6.07, 6.45) is 2.97. The predicted molar refractivity (Wildman–Crippen MR) is 55.6 cm³/mol. The van der Waals surface area contributed by atoms with Crippen LogP contribution in [0.2, 0.25) is 0 Å². The molecule has 78 valence electrons. The van der Waals surface area contributed by atoms with Crippen LogP contribution in [0.1, 0.15) is 34.1 Å². The molecule has 0 heterocycles. The Labute approximate surface area is 81.9 Å². The van der Waals surface area contributed by atoms with E-state index in [1.54, 1.807) is 14.2 Å². The molecule has 0 spiro atoms. The van der Waals surface area contributed by atoms with E-state index in [-0.39, 0.29) is 11.7 Å². The van der Waals surface area contributed by atoms with Gasteiger partial charge in [-0.3, -0.25) is 0 Å². The van der Waals surface area contributed by atoms with Gasteiger partial charge in [0, 0.05) is 20.6 Å². The Morgan fingerprint density at radius 2 is 1.69 bits per heavy atom. The van der Waals surface area contributed by atoms with Gasteiger partial charge in [0.2, 0.25) is 0 Å². The van der Waals surface area contributed by atoms with Crippen molar-refractivity contribution in [1.29, 1.82) is 0 Å². The molecule has 0 radical (unpaired) electrons. The number of ether oxygens (including phenoxy) is 2. The van der Waals surface area contributed by atoms with Crippen LogP contribution in [0, 0.1) is 5.41 Å². The molecule has 2 nitrogen and oxygen atoms in total. The molecular weight excluding hydrogens is 164 g/mol. The van der Waals surface area contributed by atoms with Crippen molar-refractivity contribution in [3.8, 4) is 0 Å². The van der Waals surface area contributed by atoms with Crippen molar-refractivity contribution in [1.82, 2.24) is 0 Å². The van der Waals surface area contributed by atoms with Gasteiger partial charge in [0.1, 0.15) is 0 Å². The van der Waals surface area contributed by atoms with Crippen molar-refractivity contribution in [2.24, 2.45) is 5.41 Å². The summed E-state index contributed by atoms with van der Waals surface area (Å²) in [4.78, 5) is 0. The Balaban J connectivity index is 4.12. The Hall–Kier alpha value is -0.340.